The Labute approximate surface area is 150 Å². The van der Waals surface area contributed by atoms with Gasteiger partial charge in [0.25, 0.3) is 0 Å². The maximum Gasteiger partial charge on any atom is 0.421 e. The van der Waals surface area contributed by atoms with E-state index in [1.165, 1.54) is 12.3 Å². The second-order valence-electron chi connectivity index (χ2n) is 6.16. The normalized spacial score (nSPS) is 15.8. The number of nitrogens with zero attached hydrogens (tertiary/aromatic N) is 2. The number of alkyl halides is 3. The number of aryl methyl sites for hydroxylation is 1. The van der Waals surface area contributed by atoms with Gasteiger partial charge in [0.2, 0.25) is 5.88 Å². The van der Waals surface area contributed by atoms with Crippen molar-refractivity contribution in [2.45, 2.75) is 19.0 Å². The molecule has 0 unspecified atom stereocenters. The lowest BCUT2D eigenvalue weighted by molar-refractivity contribution is -0.138. The Balaban J connectivity index is 1.55. The van der Waals surface area contributed by atoms with Crippen molar-refractivity contribution in [3.05, 3.63) is 53.7 Å². The van der Waals surface area contributed by atoms with E-state index in [9.17, 15) is 13.2 Å². The highest BCUT2D eigenvalue weighted by atomic mass is 19.4. The van der Waals surface area contributed by atoms with E-state index in [-0.39, 0.29) is 0 Å². The van der Waals surface area contributed by atoms with Gasteiger partial charge in [0.05, 0.1) is 13.2 Å². The lowest BCUT2D eigenvalue weighted by Gasteiger charge is -2.26. The zero-order valence-electron chi connectivity index (χ0n) is 14.3. The molecule has 26 heavy (non-hydrogen) atoms. The highest BCUT2D eigenvalue weighted by Crippen LogP contribution is 2.36. The fourth-order valence-corrected chi connectivity index (χ4v) is 2.86. The molecule has 7 heteroatoms. The molecule has 1 aromatic carbocycles. The number of benzene rings is 1. The van der Waals surface area contributed by atoms with Gasteiger partial charge >= 0.3 is 6.18 Å². The molecular formula is C19H21F3N2O2. The maximum atomic E-state index is 13.0. The van der Waals surface area contributed by atoms with Crippen LogP contribution in [0.3, 0.4) is 0 Å². The first-order chi connectivity index (χ1) is 12.5. The number of hydrogen-bond acceptors (Lipinski definition) is 4. The minimum absolute atomic E-state index is 0.339. The number of morpholine rings is 1. The van der Waals surface area contributed by atoms with Crippen molar-refractivity contribution in [1.29, 1.82) is 0 Å². The van der Waals surface area contributed by atoms with E-state index in [1.807, 2.05) is 12.1 Å². The number of aromatic nitrogens is 1. The van der Waals surface area contributed by atoms with Crippen LogP contribution in [0.5, 0.6) is 11.6 Å². The second-order valence-corrected chi connectivity index (χ2v) is 6.16. The van der Waals surface area contributed by atoms with Crippen LogP contribution in [0.15, 0.2) is 42.6 Å². The summed E-state index contributed by atoms with van der Waals surface area (Å²) in [5.74, 6) is -0.0915. The van der Waals surface area contributed by atoms with Crippen molar-refractivity contribution in [2.75, 3.05) is 32.8 Å². The molecule has 3 rings (SSSR count). The molecule has 1 fully saturated rings. The minimum atomic E-state index is -4.50. The topological polar surface area (TPSA) is 34.6 Å². The fourth-order valence-electron chi connectivity index (χ4n) is 2.86. The van der Waals surface area contributed by atoms with E-state index in [2.05, 4.69) is 9.88 Å². The molecule has 2 aromatic rings. The Bertz CT molecular complexity index is 699. The van der Waals surface area contributed by atoms with Crippen LogP contribution in [0, 0.1) is 0 Å². The van der Waals surface area contributed by atoms with Crippen molar-refractivity contribution < 1.29 is 22.6 Å². The van der Waals surface area contributed by atoms with E-state index in [1.54, 1.807) is 12.1 Å². The highest BCUT2D eigenvalue weighted by Gasteiger charge is 2.35. The molecule has 140 valence electrons. The maximum absolute atomic E-state index is 13.0. The van der Waals surface area contributed by atoms with Crippen molar-refractivity contribution in [3.8, 4) is 11.6 Å². The SMILES string of the molecule is FC(F)(F)c1cccnc1Oc1ccc(CCCN2CCOCC2)cc1. The molecule has 1 aliphatic rings. The summed E-state index contributed by atoms with van der Waals surface area (Å²) in [6.45, 7) is 4.54. The Morgan fingerprint density at radius 2 is 1.81 bits per heavy atom. The smallest absolute Gasteiger partial charge is 0.421 e. The molecule has 0 atom stereocenters. The Morgan fingerprint density at radius 3 is 2.50 bits per heavy atom. The van der Waals surface area contributed by atoms with Gasteiger partial charge in [0.15, 0.2) is 0 Å². The Hall–Kier alpha value is -2.12. The van der Waals surface area contributed by atoms with E-state index in [0.717, 1.165) is 57.3 Å². The molecule has 2 heterocycles. The van der Waals surface area contributed by atoms with Crippen LogP contribution in [0.4, 0.5) is 13.2 Å². The summed E-state index contributed by atoms with van der Waals surface area (Å²) in [5, 5.41) is 0. The van der Waals surface area contributed by atoms with Crippen molar-refractivity contribution in [1.82, 2.24) is 9.88 Å². The van der Waals surface area contributed by atoms with Gasteiger partial charge in [-0.1, -0.05) is 12.1 Å². The lowest BCUT2D eigenvalue weighted by Crippen LogP contribution is -2.36. The highest BCUT2D eigenvalue weighted by molar-refractivity contribution is 5.35. The zero-order valence-corrected chi connectivity index (χ0v) is 14.3. The third-order valence-corrected chi connectivity index (χ3v) is 4.26. The number of ether oxygens (including phenoxy) is 2. The number of pyridine rings is 1. The number of rotatable bonds is 6. The van der Waals surface area contributed by atoms with Crippen LogP contribution in [0.1, 0.15) is 17.5 Å². The van der Waals surface area contributed by atoms with Gasteiger partial charge in [-0.2, -0.15) is 13.2 Å². The van der Waals surface area contributed by atoms with Gasteiger partial charge in [0, 0.05) is 19.3 Å². The second kappa shape index (κ2) is 8.51. The van der Waals surface area contributed by atoms with Crippen molar-refractivity contribution >= 4 is 0 Å². The molecule has 1 aliphatic heterocycles. The fraction of sp³-hybridized carbons (Fsp3) is 0.421. The molecule has 0 amide bonds. The Kier molecular flexibility index (Phi) is 6.11. The van der Waals surface area contributed by atoms with Crippen LogP contribution >= 0.6 is 0 Å². The molecule has 0 spiro atoms. The standard InChI is InChI=1S/C19H21F3N2O2/c20-19(21,22)17-4-1-9-23-18(17)26-16-7-5-15(6-8-16)3-2-10-24-11-13-25-14-12-24/h1,4-9H,2-3,10-14H2. The summed E-state index contributed by atoms with van der Waals surface area (Å²) < 4.78 is 49.6. The molecule has 0 bridgehead atoms. The van der Waals surface area contributed by atoms with Gasteiger partial charge in [-0.15, -0.1) is 0 Å². The molecule has 0 N–H and O–H groups in total. The van der Waals surface area contributed by atoms with E-state index in [4.69, 9.17) is 9.47 Å². The predicted molar refractivity (Wildman–Crippen MR) is 91.3 cm³/mol. The number of halogens is 3. The average Bonchev–Trinajstić information content (AvgIpc) is 2.64. The summed E-state index contributed by atoms with van der Waals surface area (Å²) in [6.07, 6.45) is -1.28. The molecule has 4 nitrogen and oxygen atoms in total. The molecule has 0 aliphatic carbocycles. The minimum Gasteiger partial charge on any atom is -0.438 e. The lowest BCUT2D eigenvalue weighted by atomic mass is 10.1. The molecular weight excluding hydrogens is 345 g/mol. The van der Waals surface area contributed by atoms with Gasteiger partial charge < -0.3 is 9.47 Å². The van der Waals surface area contributed by atoms with E-state index in [0.29, 0.717) is 5.75 Å². The molecule has 0 saturated carbocycles. The first-order valence-corrected chi connectivity index (χ1v) is 8.61. The first kappa shape index (κ1) is 18.7. The van der Waals surface area contributed by atoms with E-state index >= 15 is 0 Å². The first-order valence-electron chi connectivity index (χ1n) is 8.61. The molecule has 0 radical (unpaired) electrons. The largest absolute Gasteiger partial charge is 0.438 e. The Morgan fingerprint density at radius 1 is 1.08 bits per heavy atom. The van der Waals surface area contributed by atoms with Crippen LogP contribution < -0.4 is 4.74 Å². The summed E-state index contributed by atoms with van der Waals surface area (Å²) in [6, 6.07) is 9.32. The summed E-state index contributed by atoms with van der Waals surface area (Å²) in [7, 11) is 0. The van der Waals surface area contributed by atoms with Crippen LogP contribution in [0.25, 0.3) is 0 Å². The van der Waals surface area contributed by atoms with Gasteiger partial charge in [-0.25, -0.2) is 4.98 Å². The van der Waals surface area contributed by atoms with Gasteiger partial charge in [-0.05, 0) is 49.2 Å². The number of hydrogen-bond donors (Lipinski definition) is 0. The third kappa shape index (κ3) is 5.19. The van der Waals surface area contributed by atoms with Crippen molar-refractivity contribution in [3.63, 3.8) is 0 Å². The van der Waals surface area contributed by atoms with Crippen LogP contribution in [0.2, 0.25) is 0 Å². The molecule has 1 saturated heterocycles. The van der Waals surface area contributed by atoms with Crippen LogP contribution in [-0.4, -0.2) is 42.7 Å². The summed E-state index contributed by atoms with van der Waals surface area (Å²) in [5.41, 5.74) is 0.247. The van der Waals surface area contributed by atoms with Crippen LogP contribution in [-0.2, 0) is 17.3 Å². The summed E-state index contributed by atoms with van der Waals surface area (Å²) >= 11 is 0. The summed E-state index contributed by atoms with van der Waals surface area (Å²) in [4.78, 5) is 6.08. The predicted octanol–water partition coefficient (Wildman–Crippen LogP) is 4.16. The molecule has 1 aromatic heterocycles. The third-order valence-electron chi connectivity index (χ3n) is 4.26. The average molecular weight is 366 g/mol. The van der Waals surface area contributed by atoms with Gasteiger partial charge in [-0.3, -0.25) is 4.90 Å². The van der Waals surface area contributed by atoms with E-state index < -0.39 is 17.6 Å². The zero-order chi connectivity index (χ0) is 18.4. The van der Waals surface area contributed by atoms with Crippen molar-refractivity contribution in [2.24, 2.45) is 0 Å². The monoisotopic (exact) mass is 366 g/mol. The van der Waals surface area contributed by atoms with Gasteiger partial charge in [0.1, 0.15) is 11.3 Å². The quantitative estimate of drug-likeness (QED) is 0.769.